The van der Waals surface area contributed by atoms with E-state index < -0.39 is 0 Å². The molecule has 1 aliphatic heterocycles. The molecule has 0 radical (unpaired) electrons. The summed E-state index contributed by atoms with van der Waals surface area (Å²) >= 11 is 0. The van der Waals surface area contributed by atoms with Gasteiger partial charge in [0, 0.05) is 6.42 Å². The lowest BCUT2D eigenvalue weighted by Gasteiger charge is -1.95. The number of hydrogen-bond acceptors (Lipinski definition) is 2. The van der Waals surface area contributed by atoms with Crippen molar-refractivity contribution in [1.29, 1.82) is 0 Å². The van der Waals surface area contributed by atoms with E-state index in [1.807, 2.05) is 36.5 Å². The van der Waals surface area contributed by atoms with Gasteiger partial charge in [-0.15, -0.1) is 0 Å². The smallest absolute Gasteiger partial charge is 0.0925 e. The zero-order valence-corrected chi connectivity index (χ0v) is 14.3. The number of ether oxygens (including phenoxy) is 1. The van der Waals surface area contributed by atoms with Gasteiger partial charge in [0.2, 0.25) is 0 Å². The third-order valence-electron chi connectivity index (χ3n) is 3.14. The van der Waals surface area contributed by atoms with E-state index in [4.69, 9.17) is 9.84 Å². The molecule has 2 aliphatic carbocycles. The first-order valence-corrected chi connectivity index (χ1v) is 8.52. The Morgan fingerprint density at radius 3 is 1.96 bits per heavy atom. The normalized spacial score (nSPS) is 24.4. The maximum Gasteiger partial charge on any atom is 0.0925 e. The van der Waals surface area contributed by atoms with Crippen molar-refractivity contribution in [2.24, 2.45) is 0 Å². The van der Waals surface area contributed by atoms with E-state index in [-0.39, 0.29) is 0 Å². The van der Waals surface area contributed by atoms with Crippen molar-refractivity contribution in [3.8, 4) is 0 Å². The molecule has 3 aliphatic rings. The fraction of sp³-hybridized carbons (Fsp3) is 0.273. The molecule has 128 valence electrons. The number of allylic oxidation sites excluding steroid dienone is 14. The zero-order valence-electron chi connectivity index (χ0n) is 14.3. The van der Waals surface area contributed by atoms with Gasteiger partial charge in [0.25, 0.3) is 0 Å². The second kappa shape index (κ2) is 15.4. The van der Waals surface area contributed by atoms with Crippen LogP contribution in [0.3, 0.4) is 0 Å². The Kier molecular flexibility index (Phi) is 12.6. The van der Waals surface area contributed by atoms with E-state index in [9.17, 15) is 0 Å². The lowest BCUT2D eigenvalue weighted by atomic mass is 10.2. The van der Waals surface area contributed by atoms with Crippen LogP contribution in [0.25, 0.3) is 0 Å². The van der Waals surface area contributed by atoms with Crippen molar-refractivity contribution in [2.45, 2.75) is 32.1 Å². The van der Waals surface area contributed by atoms with Gasteiger partial charge in [-0.25, -0.2) is 0 Å². The lowest BCUT2D eigenvalue weighted by molar-refractivity contribution is 0.258. The fourth-order valence-corrected chi connectivity index (χ4v) is 1.87. The van der Waals surface area contributed by atoms with Crippen LogP contribution < -0.4 is 0 Å². The molecule has 2 nitrogen and oxygen atoms in total. The highest BCUT2D eigenvalue weighted by molar-refractivity contribution is 5.16. The van der Waals surface area contributed by atoms with E-state index >= 15 is 0 Å². The molecule has 1 heterocycles. The summed E-state index contributed by atoms with van der Waals surface area (Å²) in [5.74, 6) is 0.468. The molecule has 0 fully saturated rings. The molecule has 0 atom stereocenters. The molecule has 0 aromatic heterocycles. The molecule has 2 heteroatoms. The molecule has 0 spiro atoms. The molecule has 0 saturated heterocycles. The standard InChI is InChI=1S/C8H10O.C8H10.C6H8O/c9-8-6-4-2-1-3-5-7-8;1-2-4-6-8-7-5-3-1;1-2-4-6-7-5-3-1/h1-4,6,9H,5,7H2;1-6H,7-8H2;1-3,5H,4,6H2/b3-1+,4-2+,8-6+;2-1?,5-3+,6-4?;. The highest BCUT2D eigenvalue weighted by atomic mass is 16.5. The van der Waals surface area contributed by atoms with E-state index in [2.05, 4.69) is 42.5 Å². The molecule has 1 N–H and O–H groups in total. The minimum atomic E-state index is 0.468. The van der Waals surface area contributed by atoms with Crippen LogP contribution >= 0.6 is 0 Å². The number of aliphatic hydroxyl groups is 1. The SMILES string of the molecule is C1=C/C=C/CCC=C1.C1=CCCOC=C1.O/C1=C/C=C/C=C/CC1. The van der Waals surface area contributed by atoms with Crippen molar-refractivity contribution >= 4 is 0 Å². The predicted octanol–water partition coefficient (Wildman–Crippen LogP) is 6.26. The van der Waals surface area contributed by atoms with Gasteiger partial charge in [-0.1, -0.05) is 72.9 Å². The van der Waals surface area contributed by atoms with E-state index in [1.54, 1.807) is 12.3 Å². The van der Waals surface area contributed by atoms with Crippen LogP contribution in [0, 0.1) is 0 Å². The summed E-state index contributed by atoms with van der Waals surface area (Å²) in [6, 6.07) is 0. The molecular weight excluding hydrogens is 296 g/mol. The van der Waals surface area contributed by atoms with Crippen molar-refractivity contribution in [1.82, 2.24) is 0 Å². The largest absolute Gasteiger partial charge is 0.512 e. The quantitative estimate of drug-likeness (QED) is 0.570. The first-order chi connectivity index (χ1) is 11.9. The van der Waals surface area contributed by atoms with Gasteiger partial charge in [-0.3, -0.25) is 0 Å². The Morgan fingerprint density at radius 2 is 1.21 bits per heavy atom. The summed E-state index contributed by atoms with van der Waals surface area (Å²) < 4.78 is 4.95. The highest BCUT2D eigenvalue weighted by Gasteiger charge is 1.89. The summed E-state index contributed by atoms with van der Waals surface area (Å²) in [5.41, 5.74) is 0. The van der Waals surface area contributed by atoms with Crippen molar-refractivity contribution in [3.63, 3.8) is 0 Å². The highest BCUT2D eigenvalue weighted by Crippen LogP contribution is 2.04. The predicted molar refractivity (Wildman–Crippen MR) is 104 cm³/mol. The molecular formula is C22H28O2. The monoisotopic (exact) mass is 324 g/mol. The van der Waals surface area contributed by atoms with Crippen LogP contribution in [-0.4, -0.2) is 11.7 Å². The molecule has 3 rings (SSSR count). The van der Waals surface area contributed by atoms with Crippen molar-refractivity contribution in [3.05, 3.63) is 97.1 Å². The summed E-state index contributed by atoms with van der Waals surface area (Å²) in [6.45, 7) is 0.826. The first kappa shape index (κ1) is 19.6. The van der Waals surface area contributed by atoms with E-state index in [0.29, 0.717) is 5.76 Å². The zero-order chi connectivity index (χ0) is 17.1. The van der Waals surface area contributed by atoms with E-state index in [0.717, 1.165) is 25.9 Å². The molecule has 0 amide bonds. The first-order valence-electron chi connectivity index (χ1n) is 8.52. The summed E-state index contributed by atoms with van der Waals surface area (Å²) in [4.78, 5) is 0. The van der Waals surface area contributed by atoms with Gasteiger partial charge < -0.3 is 9.84 Å². The van der Waals surface area contributed by atoms with Gasteiger partial charge in [0.15, 0.2) is 0 Å². The minimum absolute atomic E-state index is 0.468. The third kappa shape index (κ3) is 13.2. The minimum Gasteiger partial charge on any atom is -0.512 e. The topological polar surface area (TPSA) is 29.5 Å². The second-order valence-corrected chi connectivity index (χ2v) is 5.24. The van der Waals surface area contributed by atoms with Gasteiger partial charge in [0.05, 0.1) is 18.6 Å². The van der Waals surface area contributed by atoms with Crippen LogP contribution in [0.5, 0.6) is 0 Å². The van der Waals surface area contributed by atoms with Crippen LogP contribution in [0.1, 0.15) is 32.1 Å². The maximum absolute atomic E-state index is 8.99. The van der Waals surface area contributed by atoms with Crippen LogP contribution in [0.2, 0.25) is 0 Å². The fourth-order valence-electron chi connectivity index (χ4n) is 1.87. The van der Waals surface area contributed by atoms with E-state index in [1.165, 1.54) is 12.8 Å². The Hall–Kier alpha value is -2.48. The number of hydrogen-bond donors (Lipinski definition) is 1. The van der Waals surface area contributed by atoms with Crippen molar-refractivity contribution in [2.75, 3.05) is 6.61 Å². The maximum atomic E-state index is 8.99. The van der Waals surface area contributed by atoms with Gasteiger partial charge in [-0.05, 0) is 37.8 Å². The van der Waals surface area contributed by atoms with Crippen molar-refractivity contribution < 1.29 is 9.84 Å². The Morgan fingerprint density at radius 1 is 0.625 bits per heavy atom. The summed E-state index contributed by atoms with van der Waals surface area (Å²) in [7, 11) is 0. The molecule has 0 aromatic carbocycles. The third-order valence-corrected chi connectivity index (χ3v) is 3.14. The summed E-state index contributed by atoms with van der Waals surface area (Å²) in [6.07, 6.45) is 34.9. The van der Waals surface area contributed by atoms with Crippen LogP contribution in [-0.2, 0) is 4.74 Å². The molecule has 0 bridgehead atoms. The molecule has 0 saturated carbocycles. The van der Waals surface area contributed by atoms with Gasteiger partial charge in [0.1, 0.15) is 0 Å². The molecule has 0 aromatic rings. The number of rotatable bonds is 0. The van der Waals surface area contributed by atoms with Gasteiger partial charge in [-0.2, -0.15) is 0 Å². The Balaban J connectivity index is 0.000000181. The summed E-state index contributed by atoms with van der Waals surface area (Å²) in [5, 5.41) is 8.99. The molecule has 24 heavy (non-hydrogen) atoms. The van der Waals surface area contributed by atoms with Gasteiger partial charge >= 0.3 is 0 Å². The number of aliphatic hydroxyl groups excluding tert-OH is 1. The second-order valence-electron chi connectivity index (χ2n) is 5.24. The average Bonchev–Trinajstić information content (AvgIpc) is 2.84. The Labute approximate surface area is 146 Å². The Bertz CT molecular complexity index is 512. The molecule has 0 unspecified atom stereocenters. The average molecular weight is 324 g/mol. The van der Waals surface area contributed by atoms with Crippen LogP contribution in [0.15, 0.2) is 97.1 Å². The lowest BCUT2D eigenvalue weighted by Crippen LogP contribution is -1.79. The van der Waals surface area contributed by atoms with Crippen LogP contribution in [0.4, 0.5) is 0 Å².